The number of amides is 1. The van der Waals surface area contributed by atoms with Gasteiger partial charge in [0.15, 0.2) is 0 Å². The summed E-state index contributed by atoms with van der Waals surface area (Å²) in [6.07, 6.45) is 2.59. The minimum atomic E-state index is -0.369. The molecule has 132 valence electrons. The topological polar surface area (TPSA) is 51.1 Å². The van der Waals surface area contributed by atoms with E-state index in [1.165, 1.54) is 0 Å². The molecule has 1 amide bonds. The number of rotatable bonds is 2. The number of fused-ring (bicyclic) bond motifs is 1. The van der Waals surface area contributed by atoms with Crippen molar-refractivity contribution in [2.24, 2.45) is 0 Å². The van der Waals surface area contributed by atoms with Crippen LogP contribution in [0.15, 0.2) is 71.7 Å². The summed E-state index contributed by atoms with van der Waals surface area (Å²) in [6, 6.07) is 19.6. The first kappa shape index (κ1) is 15.8. The lowest BCUT2D eigenvalue weighted by molar-refractivity contribution is 0.102. The van der Waals surface area contributed by atoms with Gasteiger partial charge in [-0.1, -0.05) is 48.5 Å². The molecule has 1 atom stereocenters. The first-order valence-corrected chi connectivity index (χ1v) is 9.09. The predicted octanol–water partition coefficient (Wildman–Crippen LogP) is 4.52. The SMILES string of the molecule is CC1Cc2cccc3c(=O)c(C(=O)Nc4cccc5ccccc45)cn1c23. The highest BCUT2D eigenvalue weighted by Crippen LogP contribution is 2.31. The van der Waals surface area contributed by atoms with Crippen molar-refractivity contribution in [2.45, 2.75) is 19.4 Å². The first-order valence-electron chi connectivity index (χ1n) is 9.09. The lowest BCUT2D eigenvalue weighted by atomic mass is 10.1. The van der Waals surface area contributed by atoms with Crippen LogP contribution in [0.3, 0.4) is 0 Å². The lowest BCUT2D eigenvalue weighted by Gasteiger charge is -2.13. The van der Waals surface area contributed by atoms with Crippen LogP contribution in [0.2, 0.25) is 0 Å². The molecule has 1 aliphatic heterocycles. The number of para-hydroxylation sites is 1. The van der Waals surface area contributed by atoms with Crippen LogP contribution in [0.5, 0.6) is 0 Å². The number of carbonyl (C=O) groups excluding carboxylic acids is 1. The molecule has 1 aliphatic rings. The largest absolute Gasteiger partial charge is 0.343 e. The van der Waals surface area contributed by atoms with E-state index in [4.69, 9.17) is 0 Å². The van der Waals surface area contributed by atoms with Gasteiger partial charge in [0, 0.05) is 28.7 Å². The maximum atomic E-state index is 13.0. The van der Waals surface area contributed by atoms with Crippen molar-refractivity contribution < 1.29 is 4.79 Å². The second-order valence-electron chi connectivity index (χ2n) is 7.13. The number of anilines is 1. The zero-order valence-corrected chi connectivity index (χ0v) is 14.9. The standard InChI is InChI=1S/C23H18N2O2/c1-14-12-16-8-4-10-18-21(16)25(14)13-19(22(18)26)23(27)24-20-11-5-7-15-6-2-3-9-17(15)20/h2-11,13-14H,12H2,1H3,(H,24,27). The van der Waals surface area contributed by atoms with Gasteiger partial charge < -0.3 is 9.88 Å². The Hall–Kier alpha value is -3.40. The van der Waals surface area contributed by atoms with Gasteiger partial charge in [-0.05, 0) is 36.4 Å². The minimum Gasteiger partial charge on any atom is -0.343 e. The maximum Gasteiger partial charge on any atom is 0.261 e. The third-order valence-electron chi connectivity index (χ3n) is 5.41. The number of benzene rings is 3. The van der Waals surface area contributed by atoms with E-state index in [1.807, 2.05) is 54.6 Å². The van der Waals surface area contributed by atoms with Gasteiger partial charge in [-0.25, -0.2) is 0 Å². The molecule has 4 heteroatoms. The molecule has 2 heterocycles. The number of hydrogen-bond donors (Lipinski definition) is 1. The van der Waals surface area contributed by atoms with E-state index in [-0.39, 0.29) is 22.9 Å². The average Bonchev–Trinajstić information content (AvgIpc) is 3.01. The molecule has 4 aromatic rings. The van der Waals surface area contributed by atoms with E-state index in [2.05, 4.69) is 22.9 Å². The van der Waals surface area contributed by atoms with Gasteiger partial charge in [-0.2, -0.15) is 0 Å². The fraction of sp³-hybridized carbons (Fsp3) is 0.130. The monoisotopic (exact) mass is 354 g/mol. The summed E-state index contributed by atoms with van der Waals surface area (Å²) < 4.78 is 2.06. The number of aromatic nitrogens is 1. The van der Waals surface area contributed by atoms with Crippen LogP contribution in [0.1, 0.15) is 28.9 Å². The highest BCUT2D eigenvalue weighted by Gasteiger charge is 2.24. The Kier molecular flexibility index (Phi) is 3.41. The number of nitrogens with zero attached hydrogens (tertiary/aromatic N) is 1. The van der Waals surface area contributed by atoms with E-state index in [0.717, 1.165) is 28.3 Å². The third-order valence-corrected chi connectivity index (χ3v) is 5.41. The van der Waals surface area contributed by atoms with Crippen LogP contribution < -0.4 is 10.7 Å². The zero-order valence-electron chi connectivity index (χ0n) is 14.9. The molecule has 0 bridgehead atoms. The van der Waals surface area contributed by atoms with Gasteiger partial charge in [0.2, 0.25) is 5.43 Å². The Morgan fingerprint density at radius 3 is 2.63 bits per heavy atom. The molecule has 5 rings (SSSR count). The number of carbonyl (C=O) groups is 1. The molecule has 0 radical (unpaired) electrons. The van der Waals surface area contributed by atoms with Crippen molar-refractivity contribution in [3.8, 4) is 0 Å². The van der Waals surface area contributed by atoms with Crippen LogP contribution in [-0.4, -0.2) is 10.5 Å². The van der Waals surface area contributed by atoms with E-state index in [0.29, 0.717) is 11.1 Å². The summed E-state index contributed by atoms with van der Waals surface area (Å²) in [5, 5.41) is 5.55. The van der Waals surface area contributed by atoms with Crippen molar-refractivity contribution in [1.82, 2.24) is 4.57 Å². The smallest absolute Gasteiger partial charge is 0.261 e. The van der Waals surface area contributed by atoms with Gasteiger partial charge in [-0.15, -0.1) is 0 Å². The molecular formula is C23H18N2O2. The highest BCUT2D eigenvalue weighted by molar-refractivity contribution is 6.10. The molecule has 1 aromatic heterocycles. The molecule has 0 aliphatic carbocycles. The Morgan fingerprint density at radius 1 is 1.00 bits per heavy atom. The van der Waals surface area contributed by atoms with Gasteiger partial charge in [0.05, 0.1) is 5.52 Å². The summed E-state index contributed by atoms with van der Waals surface area (Å²) in [5.41, 5.74) is 2.80. The first-order chi connectivity index (χ1) is 13.1. The fourth-order valence-corrected chi connectivity index (χ4v) is 4.10. The molecule has 4 nitrogen and oxygen atoms in total. The molecule has 0 saturated carbocycles. The van der Waals surface area contributed by atoms with Gasteiger partial charge in [0.1, 0.15) is 5.56 Å². The van der Waals surface area contributed by atoms with Crippen LogP contribution in [0, 0.1) is 0 Å². The molecule has 1 unspecified atom stereocenters. The summed E-state index contributed by atoms with van der Waals surface area (Å²) in [6.45, 7) is 2.11. The third kappa shape index (κ3) is 2.37. The van der Waals surface area contributed by atoms with Crippen LogP contribution in [0.4, 0.5) is 5.69 Å². The average molecular weight is 354 g/mol. The second-order valence-corrected chi connectivity index (χ2v) is 7.13. The van der Waals surface area contributed by atoms with Crippen LogP contribution >= 0.6 is 0 Å². The summed E-state index contributed by atoms with van der Waals surface area (Å²) in [5.74, 6) is -0.369. The molecule has 3 aromatic carbocycles. The maximum absolute atomic E-state index is 13.0. The van der Waals surface area contributed by atoms with Gasteiger partial charge >= 0.3 is 0 Å². The molecular weight excluding hydrogens is 336 g/mol. The Morgan fingerprint density at radius 2 is 1.74 bits per heavy atom. The Labute approximate surface area is 156 Å². The molecule has 0 fully saturated rings. The van der Waals surface area contributed by atoms with Crippen molar-refractivity contribution in [1.29, 1.82) is 0 Å². The molecule has 0 spiro atoms. The van der Waals surface area contributed by atoms with E-state index >= 15 is 0 Å². The normalized spacial score (nSPS) is 15.4. The van der Waals surface area contributed by atoms with E-state index < -0.39 is 0 Å². The lowest BCUT2D eigenvalue weighted by Crippen LogP contribution is -2.23. The van der Waals surface area contributed by atoms with Gasteiger partial charge in [-0.3, -0.25) is 9.59 Å². The Balaban J connectivity index is 1.63. The van der Waals surface area contributed by atoms with Crippen molar-refractivity contribution in [3.63, 3.8) is 0 Å². The fourth-order valence-electron chi connectivity index (χ4n) is 4.10. The predicted molar refractivity (Wildman–Crippen MR) is 109 cm³/mol. The molecule has 1 N–H and O–H groups in total. The van der Waals surface area contributed by atoms with Gasteiger partial charge in [0.25, 0.3) is 5.91 Å². The summed E-state index contributed by atoms with van der Waals surface area (Å²) in [7, 11) is 0. The zero-order chi connectivity index (χ0) is 18.5. The number of nitrogens with one attached hydrogen (secondary N) is 1. The van der Waals surface area contributed by atoms with E-state index in [1.54, 1.807) is 6.20 Å². The molecule has 0 saturated heterocycles. The highest BCUT2D eigenvalue weighted by atomic mass is 16.2. The number of hydrogen-bond acceptors (Lipinski definition) is 2. The number of pyridine rings is 1. The Bertz CT molecular complexity index is 1280. The summed E-state index contributed by atoms with van der Waals surface area (Å²) in [4.78, 5) is 26.0. The quantitative estimate of drug-likeness (QED) is 0.575. The van der Waals surface area contributed by atoms with Crippen LogP contribution in [0.25, 0.3) is 21.7 Å². The van der Waals surface area contributed by atoms with Crippen molar-refractivity contribution in [2.75, 3.05) is 5.32 Å². The van der Waals surface area contributed by atoms with E-state index in [9.17, 15) is 9.59 Å². The van der Waals surface area contributed by atoms with Crippen molar-refractivity contribution >= 4 is 33.3 Å². The second kappa shape index (κ2) is 5.81. The minimum absolute atomic E-state index is 0.182. The molecule has 27 heavy (non-hydrogen) atoms. The summed E-state index contributed by atoms with van der Waals surface area (Å²) >= 11 is 0. The van der Waals surface area contributed by atoms with Crippen LogP contribution in [-0.2, 0) is 6.42 Å². The van der Waals surface area contributed by atoms with Crippen molar-refractivity contribution in [3.05, 3.63) is 88.2 Å².